The normalized spacial score (nSPS) is 31.3. The van der Waals surface area contributed by atoms with E-state index in [0.29, 0.717) is 12.0 Å². The Morgan fingerprint density at radius 3 is 2.53 bits per heavy atom. The molecule has 1 heterocycles. The number of nitrogens with zero attached hydrogens (tertiary/aromatic N) is 2. The van der Waals surface area contributed by atoms with E-state index in [-0.39, 0.29) is 6.04 Å². The average Bonchev–Trinajstić information content (AvgIpc) is 2.99. The predicted molar refractivity (Wildman–Crippen MR) is 79.3 cm³/mol. The van der Waals surface area contributed by atoms with E-state index in [1.807, 2.05) is 6.20 Å². The van der Waals surface area contributed by atoms with Crippen molar-refractivity contribution in [1.82, 2.24) is 15.2 Å². The minimum atomic E-state index is 0.229. The predicted octanol–water partition coefficient (Wildman–Crippen LogP) is 3.17. The molecule has 5 heteroatoms. The molecule has 19 heavy (non-hydrogen) atoms. The van der Waals surface area contributed by atoms with Crippen molar-refractivity contribution in [1.29, 1.82) is 0 Å². The highest BCUT2D eigenvalue weighted by Gasteiger charge is 2.55. The molecule has 3 N–H and O–H groups in total. The van der Waals surface area contributed by atoms with Crippen molar-refractivity contribution in [3.8, 4) is 0 Å². The van der Waals surface area contributed by atoms with Gasteiger partial charge in [-0.05, 0) is 60.4 Å². The molecule has 0 saturated heterocycles. The maximum atomic E-state index is 5.89. The number of rotatable bonds is 4. The molecule has 3 rings (SSSR count). The van der Waals surface area contributed by atoms with Gasteiger partial charge in [0.2, 0.25) is 0 Å². The van der Waals surface area contributed by atoms with Crippen LogP contribution in [0.15, 0.2) is 10.7 Å². The summed E-state index contributed by atoms with van der Waals surface area (Å²) in [6.45, 7) is 4.33. The fourth-order valence-corrected chi connectivity index (χ4v) is 4.49. The highest BCUT2D eigenvalue weighted by molar-refractivity contribution is 9.10. The maximum Gasteiger partial charge on any atom is 0.0715 e. The van der Waals surface area contributed by atoms with Crippen molar-refractivity contribution in [2.75, 3.05) is 0 Å². The minimum absolute atomic E-state index is 0.229. The summed E-state index contributed by atoms with van der Waals surface area (Å²) in [4.78, 5) is 0. The van der Waals surface area contributed by atoms with Crippen molar-refractivity contribution in [3.05, 3.63) is 16.4 Å². The van der Waals surface area contributed by atoms with Crippen molar-refractivity contribution < 1.29 is 0 Å². The molecule has 0 bridgehead atoms. The molecule has 2 aliphatic carbocycles. The van der Waals surface area contributed by atoms with Crippen LogP contribution >= 0.6 is 15.9 Å². The summed E-state index contributed by atoms with van der Waals surface area (Å²) in [6.07, 6.45) is 7.42. The summed E-state index contributed by atoms with van der Waals surface area (Å²) in [5, 5.41) is 4.49. The molecule has 3 unspecified atom stereocenters. The molecule has 106 valence electrons. The lowest BCUT2D eigenvalue weighted by atomic mass is 10.0. The zero-order valence-electron chi connectivity index (χ0n) is 11.6. The first-order valence-corrected chi connectivity index (χ1v) is 8.13. The van der Waals surface area contributed by atoms with Crippen LogP contribution in [0, 0.1) is 17.8 Å². The highest BCUT2D eigenvalue weighted by Crippen LogP contribution is 2.60. The third-order valence-corrected chi connectivity index (χ3v) is 5.47. The summed E-state index contributed by atoms with van der Waals surface area (Å²) < 4.78 is 3.17. The number of aromatic nitrogens is 2. The van der Waals surface area contributed by atoms with Gasteiger partial charge in [0, 0.05) is 6.04 Å². The fraction of sp³-hybridized carbons (Fsp3) is 0.786. The Morgan fingerprint density at radius 2 is 2.00 bits per heavy atom. The van der Waals surface area contributed by atoms with E-state index in [2.05, 4.69) is 45.0 Å². The molecule has 3 atom stereocenters. The molecular formula is C14H23BrN4. The van der Waals surface area contributed by atoms with Crippen LogP contribution in [-0.4, -0.2) is 9.78 Å². The molecular weight excluding hydrogens is 304 g/mol. The van der Waals surface area contributed by atoms with E-state index >= 15 is 0 Å². The van der Waals surface area contributed by atoms with E-state index in [0.717, 1.165) is 16.3 Å². The molecule has 2 fully saturated rings. The van der Waals surface area contributed by atoms with Gasteiger partial charge in [0.15, 0.2) is 0 Å². The van der Waals surface area contributed by atoms with E-state index in [1.54, 1.807) is 0 Å². The van der Waals surface area contributed by atoms with Crippen molar-refractivity contribution in [2.24, 2.45) is 23.6 Å². The molecule has 0 radical (unpaired) electrons. The van der Waals surface area contributed by atoms with Crippen LogP contribution in [0.2, 0.25) is 0 Å². The van der Waals surface area contributed by atoms with Gasteiger partial charge in [-0.1, -0.05) is 12.8 Å². The van der Waals surface area contributed by atoms with Crippen LogP contribution in [0.1, 0.15) is 57.3 Å². The van der Waals surface area contributed by atoms with Crippen molar-refractivity contribution in [2.45, 2.75) is 51.6 Å². The van der Waals surface area contributed by atoms with Crippen LogP contribution in [0.4, 0.5) is 0 Å². The molecule has 2 saturated carbocycles. The molecule has 0 aliphatic heterocycles. The molecule has 1 aromatic heterocycles. The lowest BCUT2D eigenvalue weighted by Gasteiger charge is -2.21. The molecule has 1 aromatic rings. The Morgan fingerprint density at radius 1 is 1.37 bits per heavy atom. The first kappa shape index (κ1) is 13.6. The first-order valence-electron chi connectivity index (χ1n) is 7.34. The number of hydrogen-bond acceptors (Lipinski definition) is 3. The third kappa shape index (κ3) is 2.26. The Labute approximate surface area is 123 Å². The smallest absolute Gasteiger partial charge is 0.0715 e. The Balaban J connectivity index is 1.89. The summed E-state index contributed by atoms with van der Waals surface area (Å²) in [6, 6.07) is 0.588. The summed E-state index contributed by atoms with van der Waals surface area (Å²) in [5.74, 6) is 8.32. The molecule has 0 spiro atoms. The standard InChI is InChI=1S/C14H23BrN4/c1-8(2)19-14(11(15)7-17-19)13(18-16)12-9-5-3-4-6-10(9)12/h7-10,12-13,18H,3-6,16H2,1-2H3. The second-order valence-corrected chi connectivity index (χ2v) is 7.10. The second-order valence-electron chi connectivity index (χ2n) is 6.25. The fourth-order valence-electron chi connectivity index (χ4n) is 3.97. The minimum Gasteiger partial charge on any atom is -0.271 e. The van der Waals surface area contributed by atoms with Gasteiger partial charge in [-0.2, -0.15) is 5.10 Å². The largest absolute Gasteiger partial charge is 0.271 e. The zero-order chi connectivity index (χ0) is 13.6. The highest BCUT2D eigenvalue weighted by atomic mass is 79.9. The summed E-state index contributed by atoms with van der Waals surface area (Å²) in [5.41, 5.74) is 4.29. The topological polar surface area (TPSA) is 55.9 Å². The summed E-state index contributed by atoms with van der Waals surface area (Å²) >= 11 is 3.64. The van der Waals surface area contributed by atoms with E-state index in [9.17, 15) is 0 Å². The van der Waals surface area contributed by atoms with Crippen LogP contribution in [0.3, 0.4) is 0 Å². The summed E-state index contributed by atoms with van der Waals surface area (Å²) in [7, 11) is 0. The number of fused-ring (bicyclic) bond motifs is 1. The van der Waals surface area contributed by atoms with Gasteiger partial charge in [-0.15, -0.1) is 0 Å². The van der Waals surface area contributed by atoms with Gasteiger partial charge >= 0.3 is 0 Å². The van der Waals surface area contributed by atoms with E-state index in [1.165, 1.54) is 31.4 Å². The van der Waals surface area contributed by atoms with Gasteiger partial charge in [-0.25, -0.2) is 0 Å². The SMILES string of the molecule is CC(C)n1ncc(Br)c1C(NN)C1C2CCCCC21. The maximum absolute atomic E-state index is 5.89. The Bertz CT molecular complexity index is 444. The van der Waals surface area contributed by atoms with Gasteiger partial charge in [0.1, 0.15) is 0 Å². The van der Waals surface area contributed by atoms with Gasteiger partial charge in [0.05, 0.1) is 22.4 Å². The van der Waals surface area contributed by atoms with Crippen molar-refractivity contribution in [3.63, 3.8) is 0 Å². The number of hydrogen-bond donors (Lipinski definition) is 2. The van der Waals surface area contributed by atoms with Crippen LogP contribution in [0.5, 0.6) is 0 Å². The molecule has 2 aliphatic rings. The molecule has 4 nitrogen and oxygen atoms in total. The van der Waals surface area contributed by atoms with Crippen molar-refractivity contribution >= 4 is 15.9 Å². The molecule has 0 amide bonds. The monoisotopic (exact) mass is 326 g/mol. The zero-order valence-corrected chi connectivity index (χ0v) is 13.2. The van der Waals surface area contributed by atoms with E-state index in [4.69, 9.17) is 5.84 Å². The number of nitrogens with one attached hydrogen (secondary N) is 1. The lowest BCUT2D eigenvalue weighted by Crippen LogP contribution is -2.32. The quantitative estimate of drug-likeness (QED) is 0.660. The van der Waals surface area contributed by atoms with Gasteiger partial charge < -0.3 is 0 Å². The van der Waals surface area contributed by atoms with Crippen LogP contribution in [-0.2, 0) is 0 Å². The van der Waals surface area contributed by atoms with Gasteiger partial charge in [0.25, 0.3) is 0 Å². The number of halogens is 1. The first-order chi connectivity index (χ1) is 9.15. The number of hydrazine groups is 1. The molecule has 0 aromatic carbocycles. The Hall–Kier alpha value is -0.390. The third-order valence-electron chi connectivity index (χ3n) is 4.86. The second kappa shape index (κ2) is 5.19. The van der Waals surface area contributed by atoms with E-state index < -0.39 is 0 Å². The average molecular weight is 327 g/mol. The Kier molecular flexibility index (Phi) is 3.71. The van der Waals surface area contributed by atoms with Gasteiger partial charge in [-0.3, -0.25) is 16.0 Å². The van der Waals surface area contributed by atoms with Crippen LogP contribution in [0.25, 0.3) is 0 Å². The lowest BCUT2D eigenvalue weighted by molar-refractivity contribution is 0.398. The van der Waals surface area contributed by atoms with Crippen LogP contribution < -0.4 is 11.3 Å². The number of nitrogens with two attached hydrogens (primary N) is 1.